The van der Waals surface area contributed by atoms with E-state index in [-0.39, 0.29) is 6.61 Å². The summed E-state index contributed by atoms with van der Waals surface area (Å²) < 4.78 is 7.53. The average molecular weight is 407 g/mol. The van der Waals surface area contributed by atoms with Gasteiger partial charge in [0.1, 0.15) is 36.1 Å². The lowest BCUT2D eigenvalue weighted by Crippen LogP contribution is -2.33. The van der Waals surface area contributed by atoms with Gasteiger partial charge in [0.2, 0.25) is 0 Å². The molecule has 8 heteroatoms. The third-order valence-electron chi connectivity index (χ3n) is 5.60. The molecule has 2 aromatic rings. The number of ether oxygens (including phenoxy) is 1. The quantitative estimate of drug-likeness (QED) is 0.424. The predicted octanol–water partition coefficient (Wildman–Crippen LogP) is 2.38. The van der Waals surface area contributed by atoms with Crippen LogP contribution in [0.15, 0.2) is 12.5 Å². The molecule has 29 heavy (non-hydrogen) atoms. The van der Waals surface area contributed by atoms with Gasteiger partial charge in [-0.2, -0.15) is 0 Å². The van der Waals surface area contributed by atoms with Crippen molar-refractivity contribution < 1.29 is 20.1 Å². The highest BCUT2D eigenvalue weighted by atomic mass is 16.6. The lowest BCUT2D eigenvalue weighted by molar-refractivity contribution is -0.0509. The Labute approximate surface area is 171 Å². The molecule has 0 radical (unpaired) electrons. The number of aryl methyl sites for hydroxylation is 1. The Morgan fingerprint density at radius 1 is 1.07 bits per heavy atom. The molecule has 8 nitrogen and oxygen atoms in total. The number of rotatable bonds is 11. The topological polar surface area (TPSA) is 113 Å². The zero-order valence-corrected chi connectivity index (χ0v) is 17.4. The molecule has 0 aliphatic carbocycles. The van der Waals surface area contributed by atoms with Crippen LogP contribution in [0.2, 0.25) is 0 Å². The van der Waals surface area contributed by atoms with Crippen LogP contribution in [-0.2, 0) is 11.2 Å². The summed E-state index contributed by atoms with van der Waals surface area (Å²) in [7, 11) is 0. The molecule has 0 unspecified atom stereocenters. The van der Waals surface area contributed by atoms with E-state index < -0.39 is 24.5 Å². The number of aromatic nitrogens is 3. The van der Waals surface area contributed by atoms with Crippen molar-refractivity contribution in [1.82, 2.24) is 14.5 Å². The van der Waals surface area contributed by atoms with Crippen LogP contribution >= 0.6 is 0 Å². The Kier molecular flexibility index (Phi) is 7.83. The molecule has 4 N–H and O–H groups in total. The minimum absolute atomic E-state index is 0.351. The molecular weight excluding hydrogens is 372 g/mol. The average Bonchev–Trinajstić information content (AvgIpc) is 3.24. The number of aliphatic hydroxyl groups excluding tert-OH is 3. The van der Waals surface area contributed by atoms with Crippen molar-refractivity contribution in [2.45, 2.75) is 83.3 Å². The van der Waals surface area contributed by atoms with Crippen LogP contribution in [-0.4, -0.2) is 61.3 Å². The standard InChI is InChI=1S/C21H34N4O4/c1-3-5-7-9-14-11-25(21-18(28)17(27)15(12-26)29-21)20-16(14)19(23-13-24-20)22-10-8-6-4-2/h11,13,15,17-18,21,26-28H,3-10,12H2,1-2H3,(H,22,23,24)/t15-,17-,18-,21-/m1/s1. The molecule has 4 atom stereocenters. The number of nitrogens with one attached hydrogen (secondary N) is 1. The van der Waals surface area contributed by atoms with Gasteiger partial charge in [-0.3, -0.25) is 0 Å². The van der Waals surface area contributed by atoms with Gasteiger partial charge in [-0.15, -0.1) is 0 Å². The number of anilines is 1. The van der Waals surface area contributed by atoms with Crippen molar-refractivity contribution in [3.8, 4) is 0 Å². The molecule has 162 valence electrons. The number of nitrogens with zero attached hydrogens (tertiary/aromatic N) is 3. The van der Waals surface area contributed by atoms with Gasteiger partial charge < -0.3 is 29.9 Å². The van der Waals surface area contributed by atoms with E-state index in [0.29, 0.717) is 5.65 Å². The van der Waals surface area contributed by atoms with Gasteiger partial charge in [-0.05, 0) is 24.8 Å². The van der Waals surface area contributed by atoms with E-state index in [4.69, 9.17) is 4.74 Å². The summed E-state index contributed by atoms with van der Waals surface area (Å²) >= 11 is 0. The zero-order chi connectivity index (χ0) is 20.8. The maximum absolute atomic E-state index is 10.5. The van der Waals surface area contributed by atoms with E-state index in [1.807, 2.05) is 6.20 Å². The second-order valence-corrected chi connectivity index (χ2v) is 7.80. The molecule has 0 saturated carbocycles. The van der Waals surface area contributed by atoms with Gasteiger partial charge in [-0.1, -0.05) is 39.5 Å². The minimum atomic E-state index is -1.14. The number of unbranched alkanes of at least 4 members (excludes halogenated alkanes) is 4. The third kappa shape index (κ3) is 4.71. The van der Waals surface area contributed by atoms with Gasteiger partial charge >= 0.3 is 0 Å². The Hall–Kier alpha value is -1.74. The van der Waals surface area contributed by atoms with E-state index >= 15 is 0 Å². The molecule has 3 heterocycles. The summed E-state index contributed by atoms with van der Waals surface area (Å²) in [4.78, 5) is 8.94. The molecule has 1 aliphatic rings. The summed E-state index contributed by atoms with van der Waals surface area (Å²) in [5.74, 6) is 0.795. The highest BCUT2D eigenvalue weighted by Crippen LogP contribution is 2.35. The molecule has 1 saturated heterocycles. The Balaban J connectivity index is 1.95. The lowest BCUT2D eigenvalue weighted by atomic mass is 10.1. The summed E-state index contributed by atoms with van der Waals surface area (Å²) in [5.41, 5.74) is 1.77. The Bertz CT molecular complexity index is 781. The fourth-order valence-electron chi connectivity index (χ4n) is 3.94. The fraction of sp³-hybridized carbons (Fsp3) is 0.714. The molecule has 1 fully saturated rings. The summed E-state index contributed by atoms with van der Waals surface area (Å²) in [6, 6.07) is 0. The van der Waals surface area contributed by atoms with Gasteiger partial charge in [0.15, 0.2) is 6.23 Å². The first kappa shape index (κ1) is 22.0. The molecular formula is C21H34N4O4. The van der Waals surface area contributed by atoms with E-state index in [9.17, 15) is 15.3 Å². The normalized spacial score (nSPS) is 24.4. The van der Waals surface area contributed by atoms with Gasteiger partial charge in [0, 0.05) is 12.7 Å². The molecule has 2 aromatic heterocycles. The highest BCUT2D eigenvalue weighted by Gasteiger charge is 2.44. The van der Waals surface area contributed by atoms with Crippen LogP contribution in [0.5, 0.6) is 0 Å². The van der Waals surface area contributed by atoms with E-state index in [1.54, 1.807) is 4.57 Å². The van der Waals surface area contributed by atoms with Gasteiger partial charge in [-0.25, -0.2) is 9.97 Å². The van der Waals surface area contributed by atoms with E-state index in [0.717, 1.165) is 68.3 Å². The molecule has 0 amide bonds. The summed E-state index contributed by atoms with van der Waals surface area (Å²) in [6.45, 7) is 4.84. The SMILES string of the molecule is CCCCCNc1ncnc2c1c(CCCCC)cn2[C@@H]1O[C@H](CO)[C@@H](O)[C@H]1O. The predicted molar refractivity (Wildman–Crippen MR) is 112 cm³/mol. The first-order chi connectivity index (χ1) is 14.1. The number of aliphatic hydroxyl groups is 3. The molecule has 0 aromatic carbocycles. The van der Waals surface area contributed by atoms with Crippen molar-refractivity contribution in [3.05, 3.63) is 18.1 Å². The van der Waals surface area contributed by atoms with Crippen molar-refractivity contribution in [1.29, 1.82) is 0 Å². The summed E-state index contributed by atoms with van der Waals surface area (Å²) in [5, 5.41) is 34.5. The monoisotopic (exact) mass is 406 g/mol. The number of hydrogen-bond acceptors (Lipinski definition) is 7. The van der Waals surface area contributed by atoms with Crippen molar-refractivity contribution in [2.75, 3.05) is 18.5 Å². The lowest BCUT2D eigenvalue weighted by Gasteiger charge is -2.17. The number of fused-ring (bicyclic) bond motifs is 1. The smallest absolute Gasteiger partial charge is 0.164 e. The second-order valence-electron chi connectivity index (χ2n) is 7.80. The molecule has 1 aliphatic heterocycles. The van der Waals surface area contributed by atoms with Crippen LogP contribution in [0, 0.1) is 0 Å². The highest BCUT2D eigenvalue weighted by molar-refractivity contribution is 5.91. The largest absolute Gasteiger partial charge is 0.394 e. The zero-order valence-electron chi connectivity index (χ0n) is 17.4. The minimum Gasteiger partial charge on any atom is -0.394 e. The van der Waals surface area contributed by atoms with Crippen LogP contribution in [0.4, 0.5) is 5.82 Å². The summed E-state index contributed by atoms with van der Waals surface area (Å²) in [6.07, 6.45) is 7.16. The van der Waals surface area contributed by atoms with E-state index in [2.05, 4.69) is 29.1 Å². The van der Waals surface area contributed by atoms with Crippen molar-refractivity contribution in [3.63, 3.8) is 0 Å². The molecule has 3 rings (SSSR count). The van der Waals surface area contributed by atoms with E-state index in [1.165, 1.54) is 6.33 Å². The molecule has 0 bridgehead atoms. The van der Waals surface area contributed by atoms with Crippen molar-refractivity contribution in [2.24, 2.45) is 0 Å². The third-order valence-corrected chi connectivity index (χ3v) is 5.60. The molecule has 0 spiro atoms. The van der Waals surface area contributed by atoms with Gasteiger partial charge in [0.25, 0.3) is 0 Å². The van der Waals surface area contributed by atoms with Gasteiger partial charge in [0.05, 0.1) is 12.0 Å². The maximum atomic E-state index is 10.5. The fourth-order valence-corrected chi connectivity index (χ4v) is 3.94. The van der Waals surface area contributed by atoms with Crippen LogP contribution in [0.3, 0.4) is 0 Å². The van der Waals surface area contributed by atoms with Crippen LogP contribution < -0.4 is 5.32 Å². The van der Waals surface area contributed by atoms with Crippen LogP contribution in [0.25, 0.3) is 11.0 Å². The first-order valence-corrected chi connectivity index (χ1v) is 10.8. The Morgan fingerprint density at radius 3 is 2.52 bits per heavy atom. The van der Waals surface area contributed by atoms with Crippen molar-refractivity contribution >= 4 is 16.9 Å². The Morgan fingerprint density at radius 2 is 1.83 bits per heavy atom. The van der Waals surface area contributed by atoms with Crippen LogP contribution in [0.1, 0.15) is 64.2 Å². The maximum Gasteiger partial charge on any atom is 0.164 e. The first-order valence-electron chi connectivity index (χ1n) is 10.8. The second kappa shape index (κ2) is 10.3. The number of hydrogen-bond donors (Lipinski definition) is 4.